The Hall–Kier alpha value is -3.07. The molecule has 0 saturated heterocycles. The molecule has 1 aliphatic rings. The molecule has 8 heteroatoms. The number of aromatic nitrogens is 2. The van der Waals surface area contributed by atoms with Crippen LogP contribution >= 0.6 is 11.3 Å². The van der Waals surface area contributed by atoms with Gasteiger partial charge in [0, 0.05) is 16.1 Å². The quantitative estimate of drug-likeness (QED) is 0.676. The maximum absolute atomic E-state index is 9.17. The summed E-state index contributed by atoms with van der Waals surface area (Å²) in [4.78, 5) is 10.2. The highest BCUT2D eigenvalue weighted by molar-refractivity contribution is 7.16. The van der Waals surface area contributed by atoms with Gasteiger partial charge in [0.05, 0.1) is 11.4 Å². The summed E-state index contributed by atoms with van der Waals surface area (Å²) in [5, 5.41) is 23.2. The Labute approximate surface area is 159 Å². The second kappa shape index (κ2) is 6.92. The summed E-state index contributed by atoms with van der Waals surface area (Å²) < 4.78 is 1.72. The minimum Gasteiger partial charge on any atom is -0.263 e. The third kappa shape index (κ3) is 3.45. The second-order valence-electron chi connectivity index (χ2n) is 6.07. The molecular weight excluding hydrogens is 362 g/mol. The van der Waals surface area contributed by atoms with Crippen LogP contribution in [0.5, 0.6) is 0 Å². The smallest absolute Gasteiger partial charge is 0.252 e. The zero-order valence-corrected chi connectivity index (χ0v) is 15.6. The monoisotopic (exact) mass is 379 g/mol. The van der Waals surface area contributed by atoms with Crippen molar-refractivity contribution in [2.24, 2.45) is 9.98 Å². The van der Waals surface area contributed by atoms with Crippen LogP contribution in [0.25, 0.3) is 6.08 Å². The first-order chi connectivity index (χ1) is 13.0. The molecule has 3 heterocycles. The predicted molar refractivity (Wildman–Crippen MR) is 106 cm³/mol. The van der Waals surface area contributed by atoms with Crippen LogP contribution in [-0.2, 0) is 0 Å². The van der Waals surface area contributed by atoms with Gasteiger partial charge in [-0.1, -0.05) is 30.3 Å². The summed E-state index contributed by atoms with van der Waals surface area (Å²) in [5.41, 5.74) is 4.25. The average Bonchev–Trinajstić information content (AvgIpc) is 3.35. The zero-order valence-electron chi connectivity index (χ0n) is 14.7. The van der Waals surface area contributed by atoms with Gasteiger partial charge in [0.2, 0.25) is 0 Å². The molecular formula is C19H17N5O2S. The molecule has 0 fully saturated rings. The highest BCUT2D eigenvalue weighted by atomic mass is 32.1. The lowest BCUT2D eigenvalue weighted by molar-refractivity contribution is 0.0312. The van der Waals surface area contributed by atoms with E-state index in [1.54, 1.807) is 16.8 Å². The van der Waals surface area contributed by atoms with E-state index in [2.05, 4.69) is 10.1 Å². The number of rotatable bonds is 3. The average molecular weight is 379 g/mol. The fourth-order valence-corrected chi connectivity index (χ4v) is 3.61. The maximum atomic E-state index is 9.17. The molecule has 1 aromatic carbocycles. The van der Waals surface area contributed by atoms with E-state index in [9.17, 15) is 0 Å². The highest BCUT2D eigenvalue weighted by Crippen LogP contribution is 2.28. The summed E-state index contributed by atoms with van der Waals surface area (Å²) >= 11 is 1.23. The van der Waals surface area contributed by atoms with Gasteiger partial charge >= 0.3 is 0 Å². The normalized spacial score (nSPS) is 15.2. The second-order valence-corrected chi connectivity index (χ2v) is 7.17. The van der Waals surface area contributed by atoms with Gasteiger partial charge in [0.25, 0.3) is 5.96 Å². The Morgan fingerprint density at radius 1 is 1.04 bits per heavy atom. The Balaban J connectivity index is 1.80. The number of aliphatic imine (C=N–C) groups is 2. The van der Waals surface area contributed by atoms with E-state index >= 15 is 0 Å². The largest absolute Gasteiger partial charge is 0.263 e. The lowest BCUT2D eigenvalue weighted by Crippen LogP contribution is -2.11. The van der Waals surface area contributed by atoms with E-state index in [4.69, 9.17) is 15.4 Å². The zero-order chi connectivity index (χ0) is 19.0. The molecule has 0 radical (unpaired) electrons. The lowest BCUT2D eigenvalue weighted by atomic mass is 10.1. The molecule has 0 aliphatic carbocycles. The van der Waals surface area contributed by atoms with Crippen LogP contribution in [0.2, 0.25) is 0 Å². The summed E-state index contributed by atoms with van der Waals surface area (Å²) in [6.45, 7) is 3.89. The molecule has 0 amide bonds. The van der Waals surface area contributed by atoms with Crippen molar-refractivity contribution in [2.75, 3.05) is 5.23 Å². The molecule has 0 saturated carbocycles. The van der Waals surface area contributed by atoms with Gasteiger partial charge in [0.1, 0.15) is 10.7 Å². The Kier molecular flexibility index (Phi) is 4.44. The van der Waals surface area contributed by atoms with Crippen LogP contribution in [0.3, 0.4) is 0 Å². The first kappa shape index (κ1) is 17.3. The minimum atomic E-state index is 0.109. The molecule has 2 aromatic heterocycles. The lowest BCUT2D eigenvalue weighted by Gasteiger charge is -2.02. The van der Waals surface area contributed by atoms with Gasteiger partial charge < -0.3 is 0 Å². The SMILES string of the molecule is Cc1cc(C)n(C2=NC(=Cc3ccc(N(O)O)s3)C(c3ccccc3)=N2)n1. The third-order valence-corrected chi connectivity index (χ3v) is 5.01. The summed E-state index contributed by atoms with van der Waals surface area (Å²) in [7, 11) is 0. The highest BCUT2D eigenvalue weighted by Gasteiger charge is 2.21. The van der Waals surface area contributed by atoms with Crippen LogP contribution < -0.4 is 5.23 Å². The van der Waals surface area contributed by atoms with Crippen molar-refractivity contribution in [1.29, 1.82) is 0 Å². The van der Waals surface area contributed by atoms with E-state index in [0.29, 0.717) is 16.7 Å². The predicted octanol–water partition coefficient (Wildman–Crippen LogP) is 3.89. The van der Waals surface area contributed by atoms with Crippen LogP contribution in [0.15, 0.2) is 64.2 Å². The van der Waals surface area contributed by atoms with Crippen molar-refractivity contribution in [2.45, 2.75) is 13.8 Å². The van der Waals surface area contributed by atoms with E-state index in [-0.39, 0.29) is 5.23 Å². The number of nitrogens with zero attached hydrogens (tertiary/aromatic N) is 5. The first-order valence-electron chi connectivity index (χ1n) is 8.27. The number of thiophene rings is 1. The molecule has 0 spiro atoms. The van der Waals surface area contributed by atoms with E-state index < -0.39 is 0 Å². The summed E-state index contributed by atoms with van der Waals surface area (Å²) in [5.74, 6) is 0.508. The van der Waals surface area contributed by atoms with Crippen LogP contribution in [0.1, 0.15) is 21.8 Å². The van der Waals surface area contributed by atoms with Crippen molar-refractivity contribution >= 4 is 34.1 Å². The van der Waals surface area contributed by atoms with Crippen molar-refractivity contribution in [1.82, 2.24) is 9.78 Å². The number of anilines is 1. The molecule has 136 valence electrons. The topological polar surface area (TPSA) is 86.2 Å². The van der Waals surface area contributed by atoms with Gasteiger partial charge in [-0.2, -0.15) is 5.10 Å². The third-order valence-electron chi connectivity index (χ3n) is 4.01. The maximum Gasteiger partial charge on any atom is 0.252 e. The first-order valence-corrected chi connectivity index (χ1v) is 9.09. The van der Waals surface area contributed by atoms with Gasteiger partial charge in [-0.05, 0) is 38.1 Å². The molecule has 4 rings (SSSR count). The van der Waals surface area contributed by atoms with Gasteiger partial charge in [-0.3, -0.25) is 10.4 Å². The van der Waals surface area contributed by atoms with E-state index in [0.717, 1.165) is 27.5 Å². The standard InChI is InChI=1S/C19H17N5O2S/c1-12-10-13(2)23(22-12)19-20-16(11-15-8-9-17(27-15)24(25)26)18(21-19)14-6-4-3-5-7-14/h3-11,25-26H,1-2H3. The summed E-state index contributed by atoms with van der Waals surface area (Å²) in [6, 6.07) is 15.2. The minimum absolute atomic E-state index is 0.109. The molecule has 27 heavy (non-hydrogen) atoms. The van der Waals surface area contributed by atoms with Crippen LogP contribution in [-0.4, -0.2) is 31.9 Å². The molecule has 3 aromatic rings. The number of aryl methyl sites for hydroxylation is 2. The molecule has 0 atom stereocenters. The van der Waals surface area contributed by atoms with Crippen molar-refractivity contribution in [3.05, 3.63) is 76.1 Å². The van der Waals surface area contributed by atoms with Crippen molar-refractivity contribution in [3.63, 3.8) is 0 Å². The number of benzene rings is 1. The number of hydrogen-bond acceptors (Lipinski definition) is 7. The molecule has 0 bridgehead atoms. The fraction of sp³-hybridized carbons (Fsp3) is 0.105. The van der Waals surface area contributed by atoms with Gasteiger partial charge in [-0.15, -0.1) is 16.6 Å². The number of hydrogen-bond donors (Lipinski definition) is 2. The van der Waals surface area contributed by atoms with Crippen LogP contribution in [0, 0.1) is 13.8 Å². The Bertz CT molecular complexity index is 1080. The molecule has 0 unspecified atom stereocenters. The van der Waals surface area contributed by atoms with Crippen molar-refractivity contribution in [3.8, 4) is 0 Å². The van der Waals surface area contributed by atoms with Crippen LogP contribution in [0.4, 0.5) is 5.00 Å². The fourth-order valence-electron chi connectivity index (χ4n) is 2.84. The number of allylic oxidation sites excluding steroid dienone is 1. The Morgan fingerprint density at radius 3 is 2.44 bits per heavy atom. The molecule has 2 N–H and O–H groups in total. The molecule has 7 nitrogen and oxygen atoms in total. The van der Waals surface area contributed by atoms with Gasteiger partial charge in [0.15, 0.2) is 0 Å². The van der Waals surface area contributed by atoms with Gasteiger partial charge in [-0.25, -0.2) is 14.7 Å². The van der Waals surface area contributed by atoms with E-state index in [1.165, 1.54) is 11.3 Å². The summed E-state index contributed by atoms with van der Waals surface area (Å²) in [6.07, 6.45) is 1.88. The molecule has 1 aliphatic heterocycles. The van der Waals surface area contributed by atoms with E-state index in [1.807, 2.05) is 56.3 Å². The Morgan fingerprint density at radius 2 is 1.81 bits per heavy atom. The van der Waals surface area contributed by atoms with Crippen molar-refractivity contribution < 1.29 is 10.4 Å².